The SMILES string of the molecule is O=C(Nc1ccccc1)c1cccc(-n2c(=O)n([C@H]3CC[C@@H](NC(=O)c4cn5ccccc5n4)CC3)c(=O)c3cc(F)cnc32)c1. The number of hydrogen-bond donors (Lipinski definition) is 2. The molecule has 4 heterocycles. The molecule has 0 radical (unpaired) electrons. The summed E-state index contributed by atoms with van der Waals surface area (Å²) in [7, 11) is 0. The highest BCUT2D eigenvalue weighted by Gasteiger charge is 2.28. The molecule has 0 unspecified atom stereocenters. The monoisotopic (exact) mass is 617 g/mol. The molecule has 1 aliphatic rings. The van der Waals surface area contributed by atoms with Gasteiger partial charge in [-0.2, -0.15) is 0 Å². The lowest BCUT2D eigenvalue weighted by Crippen LogP contribution is -2.45. The summed E-state index contributed by atoms with van der Waals surface area (Å²) in [5.74, 6) is -1.40. The second kappa shape index (κ2) is 11.9. The van der Waals surface area contributed by atoms with Gasteiger partial charge in [0.15, 0.2) is 5.65 Å². The Kier molecular flexibility index (Phi) is 7.45. The van der Waals surface area contributed by atoms with Gasteiger partial charge in [0.05, 0.1) is 17.3 Å². The molecule has 0 aliphatic heterocycles. The first kappa shape index (κ1) is 28.8. The average Bonchev–Trinajstić information content (AvgIpc) is 3.51. The number of anilines is 1. The van der Waals surface area contributed by atoms with Gasteiger partial charge in [0, 0.05) is 35.7 Å². The van der Waals surface area contributed by atoms with Crippen LogP contribution in [0.4, 0.5) is 10.1 Å². The maximum absolute atomic E-state index is 14.4. The van der Waals surface area contributed by atoms with Crippen molar-refractivity contribution < 1.29 is 14.0 Å². The molecule has 12 heteroatoms. The van der Waals surface area contributed by atoms with Crippen LogP contribution in [0.5, 0.6) is 0 Å². The van der Waals surface area contributed by atoms with Crippen LogP contribution in [0, 0.1) is 5.82 Å². The predicted molar refractivity (Wildman–Crippen MR) is 170 cm³/mol. The van der Waals surface area contributed by atoms with Gasteiger partial charge in [0.1, 0.15) is 17.2 Å². The van der Waals surface area contributed by atoms with Crippen LogP contribution in [0.25, 0.3) is 22.4 Å². The second-order valence-electron chi connectivity index (χ2n) is 11.3. The molecule has 46 heavy (non-hydrogen) atoms. The lowest BCUT2D eigenvalue weighted by Gasteiger charge is -2.30. The van der Waals surface area contributed by atoms with Crippen LogP contribution in [0.2, 0.25) is 0 Å². The first-order valence-electron chi connectivity index (χ1n) is 14.9. The number of benzene rings is 2. The van der Waals surface area contributed by atoms with Gasteiger partial charge in [0.25, 0.3) is 17.4 Å². The first-order chi connectivity index (χ1) is 22.4. The van der Waals surface area contributed by atoms with E-state index in [4.69, 9.17) is 0 Å². The fourth-order valence-electron chi connectivity index (χ4n) is 6.03. The lowest BCUT2D eigenvalue weighted by atomic mass is 9.90. The van der Waals surface area contributed by atoms with Crippen molar-refractivity contribution in [3.05, 3.63) is 135 Å². The molecule has 230 valence electrons. The Morgan fingerprint density at radius 1 is 0.870 bits per heavy atom. The van der Waals surface area contributed by atoms with Crippen LogP contribution in [-0.2, 0) is 0 Å². The van der Waals surface area contributed by atoms with Crippen molar-refractivity contribution in [2.24, 2.45) is 0 Å². The summed E-state index contributed by atoms with van der Waals surface area (Å²) in [4.78, 5) is 62.3. The number of nitrogens with one attached hydrogen (secondary N) is 2. The first-order valence-corrected chi connectivity index (χ1v) is 14.9. The minimum absolute atomic E-state index is 0.0123. The third-order valence-electron chi connectivity index (χ3n) is 8.28. The van der Waals surface area contributed by atoms with Crippen LogP contribution in [0.15, 0.2) is 107 Å². The Labute approximate surface area is 261 Å². The predicted octanol–water partition coefficient (Wildman–Crippen LogP) is 4.50. The Balaban J connectivity index is 1.18. The van der Waals surface area contributed by atoms with E-state index in [0.29, 0.717) is 48.4 Å². The van der Waals surface area contributed by atoms with Crippen molar-refractivity contribution in [2.75, 3.05) is 5.32 Å². The molecule has 6 aromatic rings. The van der Waals surface area contributed by atoms with Gasteiger partial charge >= 0.3 is 5.69 Å². The van der Waals surface area contributed by atoms with Crippen molar-refractivity contribution in [1.82, 2.24) is 28.8 Å². The van der Waals surface area contributed by atoms with E-state index < -0.39 is 23.1 Å². The lowest BCUT2D eigenvalue weighted by molar-refractivity contribution is 0.0917. The van der Waals surface area contributed by atoms with Crippen molar-refractivity contribution >= 4 is 34.2 Å². The molecule has 0 saturated heterocycles. The van der Waals surface area contributed by atoms with E-state index in [1.165, 1.54) is 10.6 Å². The van der Waals surface area contributed by atoms with E-state index in [2.05, 4.69) is 20.6 Å². The van der Waals surface area contributed by atoms with E-state index in [0.717, 1.165) is 16.8 Å². The second-order valence-corrected chi connectivity index (χ2v) is 11.3. The number of aromatic nitrogens is 5. The summed E-state index contributed by atoms with van der Waals surface area (Å²) in [5, 5.41) is 5.79. The Morgan fingerprint density at radius 2 is 1.65 bits per heavy atom. The Bertz CT molecular complexity index is 2200. The molecule has 0 spiro atoms. The number of hydrogen-bond acceptors (Lipinski definition) is 6. The largest absolute Gasteiger partial charge is 0.348 e. The molecule has 2 N–H and O–H groups in total. The molecule has 0 atom stereocenters. The van der Waals surface area contributed by atoms with Crippen LogP contribution >= 0.6 is 0 Å². The number of carbonyl (C=O) groups is 2. The number of imidazole rings is 1. The zero-order valence-corrected chi connectivity index (χ0v) is 24.5. The molecule has 1 fully saturated rings. The molecule has 2 amide bonds. The number of nitrogens with zero attached hydrogens (tertiary/aromatic N) is 5. The number of fused-ring (bicyclic) bond motifs is 2. The van der Waals surface area contributed by atoms with Gasteiger partial charge in [-0.1, -0.05) is 30.3 Å². The zero-order chi connectivity index (χ0) is 31.8. The van der Waals surface area contributed by atoms with Gasteiger partial charge < -0.3 is 15.0 Å². The third kappa shape index (κ3) is 5.45. The number of carbonyl (C=O) groups excluding carboxylic acids is 2. The molecule has 0 bridgehead atoms. The standard InChI is InChI=1S/C34H28FN7O4/c35-22-18-27-30(36-19-22)41(26-10-6-7-21(17-26)31(43)37-23-8-2-1-3-9-23)34(46)42(33(27)45)25-14-12-24(13-15-25)38-32(44)28-20-40-16-5-4-11-29(40)39-28/h1-11,16-20,24-25H,12-15H2,(H,37,43)(H,38,44)/t24-,25+. The summed E-state index contributed by atoms with van der Waals surface area (Å²) < 4.78 is 18.6. The van der Waals surface area contributed by atoms with Gasteiger partial charge in [0.2, 0.25) is 0 Å². The van der Waals surface area contributed by atoms with Crippen molar-refractivity contribution in [2.45, 2.75) is 37.8 Å². The molecule has 1 saturated carbocycles. The summed E-state index contributed by atoms with van der Waals surface area (Å²) in [6.07, 6.45) is 6.33. The van der Waals surface area contributed by atoms with Gasteiger partial charge in [-0.25, -0.2) is 23.7 Å². The van der Waals surface area contributed by atoms with E-state index in [-0.39, 0.29) is 34.5 Å². The number of para-hydroxylation sites is 1. The Morgan fingerprint density at radius 3 is 2.43 bits per heavy atom. The van der Waals surface area contributed by atoms with Crippen molar-refractivity contribution in [1.29, 1.82) is 0 Å². The van der Waals surface area contributed by atoms with Crippen LogP contribution in [-0.4, -0.2) is 41.4 Å². The molecule has 4 aromatic heterocycles. The molecule has 11 nitrogen and oxygen atoms in total. The third-order valence-corrected chi connectivity index (χ3v) is 8.28. The van der Waals surface area contributed by atoms with E-state index in [9.17, 15) is 23.6 Å². The highest BCUT2D eigenvalue weighted by Crippen LogP contribution is 2.28. The zero-order valence-electron chi connectivity index (χ0n) is 24.5. The number of rotatable bonds is 6. The van der Waals surface area contributed by atoms with Gasteiger partial charge in [-0.05, 0) is 74.2 Å². The molecule has 2 aromatic carbocycles. The van der Waals surface area contributed by atoms with Crippen LogP contribution < -0.4 is 21.9 Å². The molecular formula is C34H28FN7O4. The quantitative estimate of drug-likeness (QED) is 0.283. The summed E-state index contributed by atoms with van der Waals surface area (Å²) in [5.41, 5.74) is 0.860. The smallest absolute Gasteiger partial charge is 0.337 e. The Hall–Kier alpha value is -5.91. The van der Waals surface area contributed by atoms with Crippen LogP contribution in [0.1, 0.15) is 52.6 Å². The van der Waals surface area contributed by atoms with Crippen LogP contribution in [0.3, 0.4) is 0 Å². The fourth-order valence-corrected chi connectivity index (χ4v) is 6.03. The maximum Gasteiger partial charge on any atom is 0.337 e. The minimum atomic E-state index is -0.712. The van der Waals surface area contributed by atoms with E-state index >= 15 is 0 Å². The van der Waals surface area contributed by atoms with Crippen molar-refractivity contribution in [3.63, 3.8) is 0 Å². The highest BCUT2D eigenvalue weighted by molar-refractivity contribution is 6.04. The number of amides is 2. The highest BCUT2D eigenvalue weighted by atomic mass is 19.1. The topological polar surface area (TPSA) is 132 Å². The minimum Gasteiger partial charge on any atom is -0.348 e. The molecule has 7 rings (SSSR count). The normalized spacial score (nSPS) is 16.4. The van der Waals surface area contributed by atoms with E-state index in [1.54, 1.807) is 53.1 Å². The van der Waals surface area contributed by atoms with Gasteiger partial charge in [-0.3, -0.25) is 19.0 Å². The van der Waals surface area contributed by atoms with E-state index in [1.807, 2.05) is 30.5 Å². The number of halogens is 1. The molecular weight excluding hydrogens is 589 g/mol. The summed E-state index contributed by atoms with van der Waals surface area (Å²) in [6, 6.07) is 21.3. The summed E-state index contributed by atoms with van der Waals surface area (Å²) >= 11 is 0. The maximum atomic E-state index is 14.4. The fraction of sp³-hybridized carbons (Fsp3) is 0.176. The summed E-state index contributed by atoms with van der Waals surface area (Å²) in [6.45, 7) is 0. The van der Waals surface area contributed by atoms with Gasteiger partial charge in [-0.15, -0.1) is 0 Å². The number of pyridine rings is 2. The average molecular weight is 618 g/mol. The molecule has 1 aliphatic carbocycles. The van der Waals surface area contributed by atoms with Crippen molar-refractivity contribution in [3.8, 4) is 5.69 Å².